The van der Waals surface area contributed by atoms with Gasteiger partial charge in [-0.05, 0) is 12.1 Å². The van der Waals surface area contributed by atoms with Crippen LogP contribution in [0.1, 0.15) is 30.3 Å². The molecule has 0 aliphatic carbocycles. The molecule has 1 aromatic heterocycles. The fourth-order valence-corrected chi connectivity index (χ4v) is 2.27. The van der Waals surface area contributed by atoms with Crippen molar-refractivity contribution in [1.82, 2.24) is 4.98 Å². The van der Waals surface area contributed by atoms with Crippen LogP contribution in [0.15, 0.2) is 18.3 Å². The summed E-state index contributed by atoms with van der Waals surface area (Å²) in [5, 5.41) is 0. The maximum atomic E-state index is 11.6. The van der Waals surface area contributed by atoms with Crippen LogP contribution in [0.3, 0.4) is 0 Å². The molecule has 6 nitrogen and oxygen atoms in total. The zero-order valence-corrected chi connectivity index (χ0v) is 12.4. The number of esters is 1. The SMILES string of the molecule is CCC(=O)c1ccc(N2CCOC(CC(=O)OC)C2)cn1. The van der Waals surface area contributed by atoms with Gasteiger partial charge in [-0.25, -0.2) is 0 Å². The molecule has 114 valence electrons. The van der Waals surface area contributed by atoms with Gasteiger partial charge in [0, 0.05) is 19.5 Å². The summed E-state index contributed by atoms with van der Waals surface area (Å²) >= 11 is 0. The number of carbonyl (C=O) groups excluding carboxylic acids is 2. The lowest BCUT2D eigenvalue weighted by Gasteiger charge is -2.33. The maximum absolute atomic E-state index is 11.6. The van der Waals surface area contributed by atoms with Gasteiger partial charge in [-0.2, -0.15) is 0 Å². The third-order valence-electron chi connectivity index (χ3n) is 3.48. The first kappa shape index (κ1) is 15.4. The molecule has 0 amide bonds. The van der Waals surface area contributed by atoms with E-state index in [4.69, 9.17) is 4.74 Å². The predicted molar refractivity (Wildman–Crippen MR) is 77.4 cm³/mol. The second kappa shape index (κ2) is 7.17. The van der Waals surface area contributed by atoms with Gasteiger partial charge in [-0.3, -0.25) is 14.6 Å². The Morgan fingerprint density at radius 3 is 2.90 bits per heavy atom. The van der Waals surface area contributed by atoms with E-state index in [1.165, 1.54) is 7.11 Å². The lowest BCUT2D eigenvalue weighted by atomic mass is 10.1. The molecule has 6 heteroatoms. The van der Waals surface area contributed by atoms with Crippen LogP contribution in [0.2, 0.25) is 0 Å². The normalized spacial score (nSPS) is 18.4. The van der Waals surface area contributed by atoms with Crippen LogP contribution in [-0.4, -0.2) is 49.6 Å². The van der Waals surface area contributed by atoms with Gasteiger partial charge in [0.05, 0.1) is 38.1 Å². The number of pyridine rings is 1. The Hall–Kier alpha value is -1.95. The Balaban J connectivity index is 2.00. The molecule has 0 spiro atoms. The highest BCUT2D eigenvalue weighted by Crippen LogP contribution is 2.19. The van der Waals surface area contributed by atoms with Gasteiger partial charge in [0.25, 0.3) is 0 Å². The molecule has 0 radical (unpaired) electrons. The van der Waals surface area contributed by atoms with E-state index in [-0.39, 0.29) is 24.3 Å². The summed E-state index contributed by atoms with van der Waals surface area (Å²) in [6, 6.07) is 3.63. The van der Waals surface area contributed by atoms with Gasteiger partial charge < -0.3 is 14.4 Å². The average Bonchev–Trinajstić information content (AvgIpc) is 2.54. The van der Waals surface area contributed by atoms with E-state index < -0.39 is 0 Å². The van der Waals surface area contributed by atoms with Crippen molar-refractivity contribution in [1.29, 1.82) is 0 Å². The quantitative estimate of drug-likeness (QED) is 0.604. The fraction of sp³-hybridized carbons (Fsp3) is 0.533. The molecule has 1 fully saturated rings. The van der Waals surface area contributed by atoms with Crippen molar-refractivity contribution in [3.8, 4) is 0 Å². The highest BCUT2D eigenvalue weighted by Gasteiger charge is 2.23. The molecular formula is C15H20N2O4. The van der Waals surface area contributed by atoms with Crippen LogP contribution in [-0.2, 0) is 14.3 Å². The number of morpholine rings is 1. The Labute approximate surface area is 124 Å². The van der Waals surface area contributed by atoms with E-state index in [1.807, 2.05) is 13.0 Å². The molecule has 21 heavy (non-hydrogen) atoms. The summed E-state index contributed by atoms with van der Waals surface area (Å²) in [7, 11) is 1.37. The lowest BCUT2D eigenvalue weighted by Crippen LogP contribution is -2.43. The van der Waals surface area contributed by atoms with Crippen LogP contribution < -0.4 is 4.90 Å². The molecule has 0 saturated carbocycles. The van der Waals surface area contributed by atoms with Crippen LogP contribution in [0, 0.1) is 0 Å². The Bertz CT molecular complexity index is 501. The fourth-order valence-electron chi connectivity index (χ4n) is 2.27. The van der Waals surface area contributed by atoms with E-state index in [0.717, 1.165) is 12.2 Å². The highest BCUT2D eigenvalue weighted by atomic mass is 16.5. The van der Waals surface area contributed by atoms with Gasteiger partial charge in [0.15, 0.2) is 5.78 Å². The van der Waals surface area contributed by atoms with E-state index in [1.54, 1.807) is 12.3 Å². The Kier molecular flexibility index (Phi) is 5.27. The maximum Gasteiger partial charge on any atom is 0.308 e. The number of carbonyl (C=O) groups is 2. The Morgan fingerprint density at radius 1 is 1.48 bits per heavy atom. The zero-order chi connectivity index (χ0) is 15.2. The molecule has 2 rings (SSSR count). The smallest absolute Gasteiger partial charge is 0.308 e. The third kappa shape index (κ3) is 4.01. The van der Waals surface area contributed by atoms with Gasteiger partial charge in [-0.1, -0.05) is 6.92 Å². The van der Waals surface area contributed by atoms with Crippen molar-refractivity contribution in [2.75, 3.05) is 31.7 Å². The first-order chi connectivity index (χ1) is 10.1. The number of ketones is 1. The summed E-state index contributed by atoms with van der Waals surface area (Å²) < 4.78 is 10.2. The van der Waals surface area contributed by atoms with Crippen molar-refractivity contribution >= 4 is 17.4 Å². The molecule has 0 N–H and O–H groups in total. The van der Waals surface area contributed by atoms with Gasteiger partial charge in [0.1, 0.15) is 5.69 Å². The summed E-state index contributed by atoms with van der Waals surface area (Å²) in [6.07, 6.45) is 2.21. The monoisotopic (exact) mass is 292 g/mol. The molecule has 1 aliphatic heterocycles. The first-order valence-corrected chi connectivity index (χ1v) is 7.06. The minimum atomic E-state index is -0.274. The molecule has 0 bridgehead atoms. The summed E-state index contributed by atoms with van der Waals surface area (Å²) in [6.45, 7) is 3.72. The van der Waals surface area contributed by atoms with Gasteiger partial charge in [0.2, 0.25) is 0 Å². The molecule has 1 aromatic rings. The van der Waals surface area contributed by atoms with E-state index in [0.29, 0.717) is 25.3 Å². The molecule has 2 heterocycles. The molecule has 1 aliphatic rings. The van der Waals surface area contributed by atoms with Crippen LogP contribution >= 0.6 is 0 Å². The second-order valence-corrected chi connectivity index (χ2v) is 4.90. The largest absolute Gasteiger partial charge is 0.469 e. The number of nitrogens with zero attached hydrogens (tertiary/aromatic N) is 2. The van der Waals surface area contributed by atoms with Gasteiger partial charge in [-0.15, -0.1) is 0 Å². The minimum absolute atomic E-state index is 0.0343. The van der Waals surface area contributed by atoms with Crippen molar-refractivity contribution in [2.45, 2.75) is 25.9 Å². The van der Waals surface area contributed by atoms with Crippen molar-refractivity contribution in [3.63, 3.8) is 0 Å². The van der Waals surface area contributed by atoms with Crippen LogP contribution in [0.25, 0.3) is 0 Å². The number of Topliss-reactive ketones (excluding diaryl/α,β-unsaturated/α-hetero) is 1. The summed E-state index contributed by atoms with van der Waals surface area (Å²) in [5.74, 6) is -0.240. The highest BCUT2D eigenvalue weighted by molar-refractivity contribution is 5.94. The summed E-state index contributed by atoms with van der Waals surface area (Å²) in [5.41, 5.74) is 1.42. The zero-order valence-electron chi connectivity index (χ0n) is 12.4. The van der Waals surface area contributed by atoms with Crippen LogP contribution in [0.5, 0.6) is 0 Å². The van der Waals surface area contributed by atoms with E-state index in [2.05, 4.69) is 14.6 Å². The number of hydrogen-bond donors (Lipinski definition) is 0. The van der Waals surface area contributed by atoms with Crippen molar-refractivity contribution in [3.05, 3.63) is 24.0 Å². The van der Waals surface area contributed by atoms with Crippen molar-refractivity contribution < 1.29 is 19.1 Å². The lowest BCUT2D eigenvalue weighted by molar-refractivity contribution is -0.144. The minimum Gasteiger partial charge on any atom is -0.469 e. The molecule has 0 aromatic carbocycles. The van der Waals surface area contributed by atoms with Crippen LogP contribution in [0.4, 0.5) is 5.69 Å². The van der Waals surface area contributed by atoms with Crippen molar-refractivity contribution in [2.24, 2.45) is 0 Å². The molecule has 1 atom stereocenters. The molecular weight excluding hydrogens is 272 g/mol. The third-order valence-corrected chi connectivity index (χ3v) is 3.48. The topological polar surface area (TPSA) is 68.7 Å². The average molecular weight is 292 g/mol. The predicted octanol–water partition coefficient (Wildman–Crippen LogP) is 1.44. The Morgan fingerprint density at radius 2 is 2.29 bits per heavy atom. The molecule has 1 saturated heterocycles. The summed E-state index contributed by atoms with van der Waals surface area (Å²) in [4.78, 5) is 29.2. The number of methoxy groups -OCH3 is 1. The van der Waals surface area contributed by atoms with E-state index >= 15 is 0 Å². The standard InChI is InChI=1S/C15H20N2O4/c1-3-14(18)13-5-4-11(9-16-13)17-6-7-21-12(10-17)8-15(19)20-2/h4-5,9,12H,3,6-8,10H2,1-2H3. The number of aromatic nitrogens is 1. The molecule has 1 unspecified atom stereocenters. The number of rotatable bonds is 5. The second-order valence-electron chi connectivity index (χ2n) is 4.90. The van der Waals surface area contributed by atoms with Gasteiger partial charge >= 0.3 is 5.97 Å². The first-order valence-electron chi connectivity index (χ1n) is 7.06. The number of anilines is 1. The number of hydrogen-bond acceptors (Lipinski definition) is 6. The van der Waals surface area contributed by atoms with E-state index in [9.17, 15) is 9.59 Å². The number of ether oxygens (including phenoxy) is 2.